The van der Waals surface area contributed by atoms with Gasteiger partial charge in [0.25, 0.3) is 0 Å². The monoisotopic (exact) mass is 158 g/mol. The lowest BCUT2D eigenvalue weighted by atomic mass is 10.1. The normalized spacial score (nSPS) is 33.7. The van der Waals surface area contributed by atoms with Crippen LogP contribution >= 0.6 is 0 Å². The van der Waals surface area contributed by atoms with E-state index in [2.05, 4.69) is 6.58 Å². The average molecular weight is 158 g/mol. The Kier molecular flexibility index (Phi) is 2.65. The summed E-state index contributed by atoms with van der Waals surface area (Å²) in [6.07, 6.45) is -1.03. The molecule has 1 fully saturated rings. The maximum absolute atomic E-state index is 9.44. The van der Waals surface area contributed by atoms with Gasteiger partial charge in [-0.25, -0.2) is 0 Å². The third-order valence-corrected chi connectivity index (χ3v) is 1.72. The van der Waals surface area contributed by atoms with Crippen LogP contribution in [-0.4, -0.2) is 30.2 Å². The van der Waals surface area contributed by atoms with Crippen molar-refractivity contribution in [2.75, 3.05) is 6.61 Å². The molecule has 0 aromatic heterocycles. The highest BCUT2D eigenvalue weighted by molar-refractivity contribution is 5.01. The topological polar surface area (TPSA) is 38.7 Å². The minimum Gasteiger partial charge on any atom is -0.386 e. The fourth-order valence-electron chi connectivity index (χ4n) is 1.04. The highest BCUT2D eigenvalue weighted by Gasteiger charge is 2.29. The molecule has 1 aliphatic heterocycles. The standard InChI is InChI=1S/C8H14O3/c1-5(2)8(9)7-4-10-6(3)11-7/h6-9H,1,4H2,2-3H3. The van der Waals surface area contributed by atoms with Crippen LogP contribution in [0.4, 0.5) is 0 Å². The molecule has 0 aromatic rings. The largest absolute Gasteiger partial charge is 0.386 e. The lowest BCUT2D eigenvalue weighted by molar-refractivity contribution is -0.0619. The van der Waals surface area contributed by atoms with Gasteiger partial charge in [-0.3, -0.25) is 0 Å². The number of ether oxygens (including phenoxy) is 2. The summed E-state index contributed by atoms with van der Waals surface area (Å²) in [6.45, 7) is 7.68. The molecule has 0 spiro atoms. The van der Waals surface area contributed by atoms with Gasteiger partial charge in [-0.05, 0) is 19.4 Å². The molecule has 0 aliphatic carbocycles. The fourth-order valence-corrected chi connectivity index (χ4v) is 1.04. The number of hydrogen-bond acceptors (Lipinski definition) is 3. The molecule has 11 heavy (non-hydrogen) atoms. The van der Waals surface area contributed by atoms with Gasteiger partial charge in [0.05, 0.1) is 6.61 Å². The van der Waals surface area contributed by atoms with Crippen LogP contribution in [0.5, 0.6) is 0 Å². The van der Waals surface area contributed by atoms with Crippen molar-refractivity contribution in [3.05, 3.63) is 12.2 Å². The Morgan fingerprint density at radius 3 is 2.73 bits per heavy atom. The van der Waals surface area contributed by atoms with Gasteiger partial charge in [0, 0.05) is 0 Å². The molecule has 0 amide bonds. The zero-order valence-corrected chi connectivity index (χ0v) is 6.91. The van der Waals surface area contributed by atoms with E-state index in [1.807, 2.05) is 6.92 Å². The summed E-state index contributed by atoms with van der Waals surface area (Å²) in [5, 5.41) is 9.44. The van der Waals surface area contributed by atoms with Crippen molar-refractivity contribution in [1.82, 2.24) is 0 Å². The van der Waals surface area contributed by atoms with E-state index in [1.54, 1.807) is 6.92 Å². The van der Waals surface area contributed by atoms with Crippen molar-refractivity contribution >= 4 is 0 Å². The van der Waals surface area contributed by atoms with Gasteiger partial charge in [-0.1, -0.05) is 6.58 Å². The molecule has 1 N–H and O–H groups in total. The van der Waals surface area contributed by atoms with Gasteiger partial charge in [0.2, 0.25) is 0 Å². The molecule has 0 bridgehead atoms. The summed E-state index contributed by atoms with van der Waals surface area (Å²) < 4.78 is 10.4. The summed E-state index contributed by atoms with van der Waals surface area (Å²) in [6, 6.07) is 0. The number of hydrogen-bond donors (Lipinski definition) is 1. The first-order chi connectivity index (χ1) is 5.11. The van der Waals surface area contributed by atoms with Gasteiger partial charge in [-0.15, -0.1) is 0 Å². The van der Waals surface area contributed by atoms with E-state index in [0.29, 0.717) is 12.2 Å². The molecule has 0 aromatic carbocycles. The molecular weight excluding hydrogens is 144 g/mol. The van der Waals surface area contributed by atoms with Gasteiger partial charge < -0.3 is 14.6 Å². The van der Waals surface area contributed by atoms with Gasteiger partial charge in [-0.2, -0.15) is 0 Å². The molecule has 3 atom stereocenters. The van der Waals surface area contributed by atoms with Crippen LogP contribution in [0, 0.1) is 0 Å². The maximum atomic E-state index is 9.44. The van der Waals surface area contributed by atoms with Crippen molar-refractivity contribution in [2.45, 2.75) is 32.3 Å². The molecule has 1 saturated heterocycles. The SMILES string of the molecule is C=C(C)C(O)C1COC(C)O1. The Morgan fingerprint density at radius 2 is 2.36 bits per heavy atom. The first-order valence-corrected chi connectivity index (χ1v) is 3.72. The van der Waals surface area contributed by atoms with E-state index in [9.17, 15) is 5.11 Å². The van der Waals surface area contributed by atoms with E-state index >= 15 is 0 Å². The van der Waals surface area contributed by atoms with Crippen molar-refractivity contribution in [1.29, 1.82) is 0 Å². The van der Waals surface area contributed by atoms with E-state index in [0.717, 1.165) is 0 Å². The summed E-state index contributed by atoms with van der Waals surface area (Å²) in [4.78, 5) is 0. The van der Waals surface area contributed by atoms with E-state index in [-0.39, 0.29) is 12.4 Å². The zero-order valence-electron chi connectivity index (χ0n) is 6.91. The molecular formula is C8H14O3. The summed E-state index contributed by atoms with van der Waals surface area (Å²) >= 11 is 0. The molecule has 0 radical (unpaired) electrons. The third kappa shape index (κ3) is 2.02. The fraction of sp³-hybridized carbons (Fsp3) is 0.750. The molecule has 1 rings (SSSR count). The Balaban J connectivity index is 2.43. The van der Waals surface area contributed by atoms with Crippen LogP contribution in [-0.2, 0) is 9.47 Å². The van der Waals surface area contributed by atoms with Gasteiger partial charge >= 0.3 is 0 Å². The van der Waals surface area contributed by atoms with Gasteiger partial charge in [0.1, 0.15) is 12.2 Å². The van der Waals surface area contributed by atoms with E-state index in [1.165, 1.54) is 0 Å². The number of rotatable bonds is 2. The Labute approximate surface area is 66.6 Å². The Hall–Kier alpha value is -0.380. The van der Waals surface area contributed by atoms with Gasteiger partial charge in [0.15, 0.2) is 6.29 Å². The summed E-state index contributed by atoms with van der Waals surface area (Å²) in [5.41, 5.74) is 0.715. The van der Waals surface area contributed by atoms with Crippen molar-refractivity contribution in [3.63, 3.8) is 0 Å². The second-order valence-electron chi connectivity index (χ2n) is 2.87. The number of aliphatic hydroxyl groups is 1. The number of aliphatic hydroxyl groups excluding tert-OH is 1. The third-order valence-electron chi connectivity index (χ3n) is 1.72. The van der Waals surface area contributed by atoms with Crippen LogP contribution < -0.4 is 0 Å². The van der Waals surface area contributed by atoms with Crippen LogP contribution in [0.1, 0.15) is 13.8 Å². The van der Waals surface area contributed by atoms with Crippen molar-refractivity contribution < 1.29 is 14.6 Å². The lowest BCUT2D eigenvalue weighted by Gasteiger charge is -2.15. The average Bonchev–Trinajstić information content (AvgIpc) is 2.34. The summed E-state index contributed by atoms with van der Waals surface area (Å²) in [7, 11) is 0. The van der Waals surface area contributed by atoms with Crippen molar-refractivity contribution in [3.8, 4) is 0 Å². The molecule has 0 saturated carbocycles. The first-order valence-electron chi connectivity index (χ1n) is 3.72. The van der Waals surface area contributed by atoms with Crippen molar-refractivity contribution in [2.24, 2.45) is 0 Å². The molecule has 3 unspecified atom stereocenters. The second kappa shape index (κ2) is 3.34. The maximum Gasteiger partial charge on any atom is 0.155 e. The molecule has 1 heterocycles. The first kappa shape index (κ1) is 8.71. The second-order valence-corrected chi connectivity index (χ2v) is 2.87. The molecule has 1 aliphatic rings. The zero-order chi connectivity index (χ0) is 8.43. The quantitative estimate of drug-likeness (QED) is 0.601. The molecule has 3 heteroatoms. The molecule has 64 valence electrons. The van der Waals surface area contributed by atoms with Crippen LogP contribution in [0.2, 0.25) is 0 Å². The smallest absolute Gasteiger partial charge is 0.155 e. The van der Waals surface area contributed by atoms with E-state index < -0.39 is 6.10 Å². The predicted molar refractivity (Wildman–Crippen MR) is 41.1 cm³/mol. The van der Waals surface area contributed by atoms with Crippen LogP contribution in [0.15, 0.2) is 12.2 Å². The highest BCUT2D eigenvalue weighted by atomic mass is 16.7. The van der Waals surface area contributed by atoms with E-state index in [4.69, 9.17) is 9.47 Å². The van der Waals surface area contributed by atoms with Crippen LogP contribution in [0.3, 0.4) is 0 Å². The highest BCUT2D eigenvalue weighted by Crippen LogP contribution is 2.17. The molecule has 3 nitrogen and oxygen atoms in total. The Bertz CT molecular complexity index is 155. The predicted octanol–water partition coefficient (Wildman–Crippen LogP) is 0.685. The lowest BCUT2D eigenvalue weighted by Crippen LogP contribution is -2.28. The van der Waals surface area contributed by atoms with Crippen LogP contribution in [0.25, 0.3) is 0 Å². The minimum absolute atomic E-state index is 0.200. The minimum atomic E-state index is -0.597. The summed E-state index contributed by atoms with van der Waals surface area (Å²) in [5.74, 6) is 0. The Morgan fingerprint density at radius 1 is 1.73 bits per heavy atom.